The molecule has 2 aromatic carbocycles. The summed E-state index contributed by atoms with van der Waals surface area (Å²) in [6.45, 7) is 5.52. The van der Waals surface area contributed by atoms with Gasteiger partial charge in [0, 0.05) is 24.9 Å². The molecule has 0 amide bonds. The maximum atomic E-state index is 14.8. The van der Waals surface area contributed by atoms with Crippen molar-refractivity contribution in [3.8, 4) is 22.9 Å². The number of benzene rings is 2. The van der Waals surface area contributed by atoms with E-state index in [0.29, 0.717) is 16.9 Å². The van der Waals surface area contributed by atoms with Crippen LogP contribution in [0.4, 0.5) is 4.39 Å². The Kier molecular flexibility index (Phi) is 8.93. The molecule has 10 heteroatoms. The Balaban J connectivity index is 1.90. The van der Waals surface area contributed by atoms with Crippen molar-refractivity contribution in [1.29, 1.82) is 0 Å². The van der Waals surface area contributed by atoms with Gasteiger partial charge in [-0.15, -0.1) is 0 Å². The highest BCUT2D eigenvalue weighted by atomic mass is 35.5. The zero-order valence-corrected chi connectivity index (χ0v) is 21.3. The Morgan fingerprint density at radius 1 is 1.08 bits per heavy atom. The molecule has 0 aliphatic carbocycles. The van der Waals surface area contributed by atoms with Crippen LogP contribution in [0, 0.1) is 12.7 Å². The third kappa shape index (κ3) is 6.15. The second-order valence-electron chi connectivity index (χ2n) is 8.22. The number of nitrogens with zero attached hydrogens (tertiary/aromatic N) is 2. The first-order valence-electron chi connectivity index (χ1n) is 11.5. The third-order valence-electron chi connectivity index (χ3n) is 5.50. The molecule has 0 saturated heterocycles. The molecule has 36 heavy (non-hydrogen) atoms. The van der Waals surface area contributed by atoms with Crippen molar-refractivity contribution in [2.45, 2.75) is 46.1 Å². The Morgan fingerprint density at radius 3 is 2.47 bits per heavy atom. The predicted molar refractivity (Wildman–Crippen MR) is 134 cm³/mol. The number of carbonyl (C=O) groups is 1. The fraction of sp³-hybridized carbons (Fsp3) is 0.346. The number of ether oxygens (including phenoxy) is 3. The summed E-state index contributed by atoms with van der Waals surface area (Å²) in [5.74, 6) is -1.00. The second-order valence-corrected chi connectivity index (χ2v) is 8.63. The number of unbranched alkanes of at least 4 members (excludes halogenated alkanes) is 2. The molecule has 1 heterocycles. The molecule has 0 aliphatic rings. The van der Waals surface area contributed by atoms with Gasteiger partial charge in [-0.2, -0.15) is 0 Å². The monoisotopic (exact) mass is 518 g/mol. The molecule has 0 radical (unpaired) electrons. The van der Waals surface area contributed by atoms with Gasteiger partial charge in [0.15, 0.2) is 17.6 Å². The van der Waals surface area contributed by atoms with Crippen molar-refractivity contribution in [2.24, 2.45) is 7.05 Å². The van der Waals surface area contributed by atoms with Gasteiger partial charge in [-0.1, -0.05) is 43.5 Å². The normalized spacial score (nSPS) is 11.7. The largest absolute Gasteiger partial charge is 0.475 e. The fourth-order valence-corrected chi connectivity index (χ4v) is 3.54. The van der Waals surface area contributed by atoms with Crippen LogP contribution in [0.3, 0.4) is 0 Å². The molecule has 0 N–H and O–H groups in total. The van der Waals surface area contributed by atoms with E-state index in [-0.39, 0.29) is 28.0 Å². The van der Waals surface area contributed by atoms with Crippen molar-refractivity contribution >= 4 is 17.6 Å². The Bertz CT molecular complexity index is 1370. The third-order valence-corrected chi connectivity index (χ3v) is 5.79. The molecule has 1 atom stereocenters. The van der Waals surface area contributed by atoms with E-state index in [1.165, 1.54) is 17.7 Å². The van der Waals surface area contributed by atoms with E-state index >= 15 is 0 Å². The number of carbonyl (C=O) groups excluding carboxylic acids is 1. The van der Waals surface area contributed by atoms with Gasteiger partial charge in [-0.05, 0) is 38.5 Å². The summed E-state index contributed by atoms with van der Waals surface area (Å²) in [5, 5.41) is -0.0913. The standard InChI is InChI=1S/C26H28ClFN2O6/c1-5-6-9-12-34-25(32)17(3)35-21-10-7-8-11-22(21)36-23-15-20(19(28)14-18(23)27)30-24(31)13-16(2)29(4)26(30)33/h7-8,10-11,13-15,17H,5-6,9,12H2,1-4H3. The number of para-hydroxylation sites is 2. The van der Waals surface area contributed by atoms with E-state index in [2.05, 4.69) is 6.92 Å². The number of halogens is 2. The quantitative estimate of drug-likeness (QED) is 0.279. The van der Waals surface area contributed by atoms with E-state index in [1.54, 1.807) is 38.1 Å². The zero-order chi connectivity index (χ0) is 26.4. The summed E-state index contributed by atoms with van der Waals surface area (Å²) in [4.78, 5) is 37.5. The van der Waals surface area contributed by atoms with E-state index in [0.717, 1.165) is 31.4 Å². The summed E-state index contributed by atoms with van der Waals surface area (Å²) >= 11 is 6.22. The first kappa shape index (κ1) is 27.0. The van der Waals surface area contributed by atoms with Crippen LogP contribution in [-0.4, -0.2) is 27.8 Å². The average molecular weight is 519 g/mol. The summed E-state index contributed by atoms with van der Waals surface area (Å²) in [6, 6.07) is 9.88. The molecular weight excluding hydrogens is 491 g/mol. The van der Waals surface area contributed by atoms with Gasteiger partial charge < -0.3 is 18.8 Å². The van der Waals surface area contributed by atoms with Crippen LogP contribution in [0.2, 0.25) is 5.02 Å². The number of esters is 1. The fourth-order valence-electron chi connectivity index (χ4n) is 3.36. The van der Waals surface area contributed by atoms with Crippen molar-refractivity contribution in [1.82, 2.24) is 9.13 Å². The lowest BCUT2D eigenvalue weighted by Crippen LogP contribution is -2.38. The van der Waals surface area contributed by atoms with Gasteiger partial charge in [-0.25, -0.2) is 18.5 Å². The molecule has 0 saturated carbocycles. The van der Waals surface area contributed by atoms with E-state index in [4.69, 9.17) is 25.8 Å². The first-order chi connectivity index (χ1) is 17.1. The van der Waals surface area contributed by atoms with Crippen LogP contribution in [0.25, 0.3) is 5.69 Å². The number of aryl methyl sites for hydroxylation is 1. The van der Waals surface area contributed by atoms with E-state index in [9.17, 15) is 18.8 Å². The van der Waals surface area contributed by atoms with E-state index < -0.39 is 29.1 Å². The van der Waals surface area contributed by atoms with Crippen molar-refractivity contribution in [2.75, 3.05) is 6.61 Å². The lowest BCUT2D eigenvalue weighted by molar-refractivity contribution is -0.151. The van der Waals surface area contributed by atoms with Gasteiger partial charge >= 0.3 is 11.7 Å². The Labute approximate surface area is 212 Å². The minimum Gasteiger partial charge on any atom is -0.475 e. The van der Waals surface area contributed by atoms with Crippen LogP contribution in [0.1, 0.15) is 38.8 Å². The van der Waals surface area contributed by atoms with Gasteiger partial charge in [-0.3, -0.25) is 4.79 Å². The SMILES string of the molecule is CCCCCOC(=O)C(C)Oc1ccccc1Oc1cc(-n2c(=O)cc(C)n(C)c2=O)c(F)cc1Cl. The van der Waals surface area contributed by atoms with Gasteiger partial charge in [0.1, 0.15) is 11.6 Å². The maximum Gasteiger partial charge on any atom is 0.347 e. The van der Waals surface area contributed by atoms with Crippen LogP contribution in [0.5, 0.6) is 17.2 Å². The highest BCUT2D eigenvalue weighted by molar-refractivity contribution is 6.32. The molecule has 1 aromatic heterocycles. The Morgan fingerprint density at radius 2 is 1.78 bits per heavy atom. The molecule has 0 fully saturated rings. The van der Waals surface area contributed by atoms with Crippen LogP contribution < -0.4 is 20.7 Å². The smallest absolute Gasteiger partial charge is 0.347 e. The molecule has 192 valence electrons. The highest BCUT2D eigenvalue weighted by Gasteiger charge is 2.21. The van der Waals surface area contributed by atoms with Crippen molar-refractivity contribution in [3.63, 3.8) is 0 Å². The minimum absolute atomic E-state index is 0.0200. The average Bonchev–Trinajstić information content (AvgIpc) is 2.84. The molecular formula is C26H28ClFN2O6. The maximum absolute atomic E-state index is 14.8. The van der Waals surface area contributed by atoms with Crippen LogP contribution >= 0.6 is 11.6 Å². The second kappa shape index (κ2) is 11.9. The minimum atomic E-state index is -0.912. The van der Waals surface area contributed by atoms with Gasteiger partial charge in [0.25, 0.3) is 5.56 Å². The molecule has 3 aromatic rings. The number of aromatic nitrogens is 2. The molecule has 0 aliphatic heterocycles. The van der Waals surface area contributed by atoms with Crippen molar-refractivity contribution in [3.05, 3.63) is 79.8 Å². The summed E-state index contributed by atoms with van der Waals surface area (Å²) < 4.78 is 33.6. The molecule has 0 spiro atoms. The van der Waals surface area contributed by atoms with Crippen molar-refractivity contribution < 1.29 is 23.4 Å². The lowest BCUT2D eigenvalue weighted by atomic mass is 10.2. The van der Waals surface area contributed by atoms with Crippen LogP contribution in [-0.2, 0) is 16.6 Å². The molecule has 0 bridgehead atoms. The Hall–Kier alpha value is -3.59. The molecule has 1 unspecified atom stereocenters. The summed E-state index contributed by atoms with van der Waals surface area (Å²) in [5.41, 5.74) is -1.31. The molecule has 8 nitrogen and oxygen atoms in total. The van der Waals surface area contributed by atoms with Crippen LogP contribution in [0.15, 0.2) is 52.1 Å². The molecule has 3 rings (SSSR count). The first-order valence-corrected chi connectivity index (χ1v) is 11.9. The van der Waals surface area contributed by atoms with Gasteiger partial charge in [0.05, 0.1) is 17.3 Å². The topological polar surface area (TPSA) is 88.8 Å². The number of hydrogen-bond donors (Lipinski definition) is 0. The lowest BCUT2D eigenvalue weighted by Gasteiger charge is -2.18. The number of hydrogen-bond acceptors (Lipinski definition) is 6. The summed E-state index contributed by atoms with van der Waals surface area (Å²) in [7, 11) is 1.47. The predicted octanol–water partition coefficient (Wildman–Crippen LogP) is 4.93. The highest BCUT2D eigenvalue weighted by Crippen LogP contribution is 2.37. The zero-order valence-electron chi connectivity index (χ0n) is 20.5. The summed E-state index contributed by atoms with van der Waals surface area (Å²) in [6.07, 6.45) is 1.83. The number of rotatable bonds is 10. The van der Waals surface area contributed by atoms with E-state index in [1.807, 2.05) is 0 Å². The van der Waals surface area contributed by atoms with Gasteiger partial charge in [0.2, 0.25) is 0 Å².